The van der Waals surface area contributed by atoms with Crippen molar-refractivity contribution in [1.29, 1.82) is 0 Å². The van der Waals surface area contributed by atoms with Gasteiger partial charge in [0.1, 0.15) is 0 Å². The van der Waals surface area contributed by atoms with Gasteiger partial charge in [0, 0.05) is 29.4 Å². The minimum absolute atomic E-state index is 0.0193. The van der Waals surface area contributed by atoms with Gasteiger partial charge < -0.3 is 19.5 Å². The third kappa shape index (κ3) is 1.94. The summed E-state index contributed by atoms with van der Waals surface area (Å²) in [6.45, 7) is 1.08. The van der Waals surface area contributed by atoms with Gasteiger partial charge in [-0.1, -0.05) is 6.07 Å². The standard InChI is InChI=1S/C19H25NO3/c1-20-9-8-19-7-6-13(22-2)11-14(19)15(20)10-12-4-5-16(23-3)18(21)17(12)19/h4-5,11,14-15,21H,6-10H2,1-3H3/t14-,15+,19+/m0/s1. The van der Waals surface area contributed by atoms with Crippen LogP contribution < -0.4 is 4.74 Å². The average molecular weight is 315 g/mol. The van der Waals surface area contributed by atoms with Gasteiger partial charge in [0.2, 0.25) is 0 Å². The number of aromatic hydroxyl groups is 1. The van der Waals surface area contributed by atoms with E-state index in [1.165, 1.54) is 5.56 Å². The molecule has 0 saturated carbocycles. The maximum Gasteiger partial charge on any atom is 0.161 e. The molecular weight excluding hydrogens is 290 g/mol. The van der Waals surface area contributed by atoms with Gasteiger partial charge >= 0.3 is 0 Å². The van der Waals surface area contributed by atoms with Crippen molar-refractivity contribution in [3.63, 3.8) is 0 Å². The summed E-state index contributed by atoms with van der Waals surface area (Å²) in [5, 5.41) is 10.9. The summed E-state index contributed by atoms with van der Waals surface area (Å²) in [5.41, 5.74) is 2.44. The molecule has 4 heteroatoms. The Morgan fingerprint density at radius 2 is 2.04 bits per heavy atom. The van der Waals surface area contributed by atoms with Crippen molar-refractivity contribution in [1.82, 2.24) is 4.90 Å². The molecule has 124 valence electrons. The molecule has 4 nitrogen and oxygen atoms in total. The number of ether oxygens (including phenoxy) is 2. The second-order valence-electron chi connectivity index (χ2n) is 7.17. The number of methoxy groups -OCH3 is 2. The molecule has 23 heavy (non-hydrogen) atoms. The smallest absolute Gasteiger partial charge is 0.161 e. The van der Waals surface area contributed by atoms with E-state index in [1.807, 2.05) is 6.07 Å². The van der Waals surface area contributed by atoms with Crippen LogP contribution in [0.25, 0.3) is 0 Å². The molecule has 4 rings (SSSR count). The number of hydrogen-bond donors (Lipinski definition) is 1. The molecule has 2 aliphatic carbocycles. The molecule has 1 N–H and O–H groups in total. The lowest BCUT2D eigenvalue weighted by atomic mass is 9.53. The molecule has 1 aromatic carbocycles. The third-order valence-electron chi connectivity index (χ3n) is 6.35. The van der Waals surface area contributed by atoms with E-state index in [4.69, 9.17) is 9.47 Å². The van der Waals surface area contributed by atoms with Crippen molar-refractivity contribution in [2.75, 3.05) is 27.8 Å². The van der Waals surface area contributed by atoms with Gasteiger partial charge in [-0.3, -0.25) is 0 Å². The van der Waals surface area contributed by atoms with Gasteiger partial charge in [-0.25, -0.2) is 0 Å². The Morgan fingerprint density at radius 3 is 2.78 bits per heavy atom. The lowest BCUT2D eigenvalue weighted by Crippen LogP contribution is -2.59. The third-order valence-corrected chi connectivity index (χ3v) is 6.35. The van der Waals surface area contributed by atoms with Crippen LogP contribution in [0.15, 0.2) is 24.0 Å². The Balaban J connectivity index is 1.93. The fourth-order valence-corrected chi connectivity index (χ4v) is 5.14. The highest BCUT2D eigenvalue weighted by molar-refractivity contribution is 5.57. The van der Waals surface area contributed by atoms with Crippen LogP contribution in [0.4, 0.5) is 0 Å². The zero-order valence-corrected chi connectivity index (χ0v) is 14.1. The van der Waals surface area contributed by atoms with Crippen molar-refractivity contribution < 1.29 is 14.6 Å². The van der Waals surface area contributed by atoms with Gasteiger partial charge in [-0.15, -0.1) is 0 Å². The number of likely N-dealkylation sites (tertiary alicyclic amines) is 1. The second-order valence-corrected chi connectivity index (χ2v) is 7.17. The molecule has 0 radical (unpaired) electrons. The van der Waals surface area contributed by atoms with E-state index in [9.17, 15) is 5.11 Å². The predicted octanol–water partition coefficient (Wildman–Crippen LogP) is 2.84. The molecule has 0 spiro atoms. The van der Waals surface area contributed by atoms with Gasteiger partial charge in [0.15, 0.2) is 11.5 Å². The normalized spacial score (nSPS) is 32.6. The monoisotopic (exact) mass is 315 g/mol. The van der Waals surface area contributed by atoms with Crippen molar-refractivity contribution in [3.8, 4) is 11.5 Å². The molecule has 0 aromatic heterocycles. The summed E-state index contributed by atoms with van der Waals surface area (Å²) in [6, 6.07) is 4.53. The van der Waals surface area contributed by atoms with E-state index in [-0.39, 0.29) is 5.41 Å². The number of piperidine rings is 1. The minimum Gasteiger partial charge on any atom is -0.504 e. The highest BCUT2D eigenvalue weighted by atomic mass is 16.5. The molecule has 2 bridgehead atoms. The zero-order valence-electron chi connectivity index (χ0n) is 14.1. The number of rotatable bonds is 2. The Hall–Kier alpha value is -1.68. The molecule has 1 aliphatic heterocycles. The molecular formula is C19H25NO3. The lowest BCUT2D eigenvalue weighted by molar-refractivity contribution is 0.0366. The summed E-state index contributed by atoms with van der Waals surface area (Å²) in [5.74, 6) is 2.44. The summed E-state index contributed by atoms with van der Waals surface area (Å²) in [4.78, 5) is 2.47. The fourth-order valence-electron chi connectivity index (χ4n) is 5.14. The van der Waals surface area contributed by atoms with Crippen LogP contribution in [0.2, 0.25) is 0 Å². The van der Waals surface area contributed by atoms with E-state index in [0.29, 0.717) is 23.5 Å². The number of benzene rings is 1. The number of phenolic OH excluding ortho intramolecular Hbond substituents is 1. The van der Waals surface area contributed by atoms with Crippen LogP contribution in [0.1, 0.15) is 30.4 Å². The van der Waals surface area contributed by atoms with Crippen LogP contribution in [0, 0.1) is 5.92 Å². The number of phenols is 1. The van der Waals surface area contributed by atoms with Crippen molar-refractivity contribution >= 4 is 0 Å². The van der Waals surface area contributed by atoms with Crippen molar-refractivity contribution in [3.05, 3.63) is 35.1 Å². The Labute approximate surface area is 137 Å². The van der Waals surface area contributed by atoms with Gasteiger partial charge in [-0.2, -0.15) is 0 Å². The first-order valence-corrected chi connectivity index (χ1v) is 8.45. The maximum atomic E-state index is 10.9. The quantitative estimate of drug-likeness (QED) is 0.911. The Bertz CT molecular complexity index is 669. The Morgan fingerprint density at radius 1 is 1.22 bits per heavy atom. The van der Waals surface area contributed by atoms with Crippen molar-refractivity contribution in [2.45, 2.75) is 37.1 Å². The summed E-state index contributed by atoms with van der Waals surface area (Å²) >= 11 is 0. The van der Waals surface area contributed by atoms with Gasteiger partial charge in [0.25, 0.3) is 0 Å². The van der Waals surface area contributed by atoms with Crippen molar-refractivity contribution in [2.24, 2.45) is 5.92 Å². The number of nitrogens with zero attached hydrogens (tertiary/aromatic N) is 1. The number of allylic oxidation sites excluding steroid dienone is 1. The SMILES string of the molecule is COC1=C[C@H]2[C@H]3Cc4ccc(OC)c(O)c4[C@]2(CC1)CCN3C. The summed E-state index contributed by atoms with van der Waals surface area (Å²) in [7, 11) is 5.61. The van der Waals surface area contributed by atoms with Crippen LogP contribution in [-0.4, -0.2) is 43.9 Å². The zero-order chi connectivity index (χ0) is 16.2. The molecule has 1 aromatic rings. The first kappa shape index (κ1) is 14.9. The van der Waals surface area contributed by atoms with E-state index >= 15 is 0 Å². The van der Waals surface area contributed by atoms with E-state index in [0.717, 1.165) is 43.6 Å². The number of hydrogen-bond acceptors (Lipinski definition) is 4. The summed E-state index contributed by atoms with van der Waals surface area (Å²) in [6.07, 6.45) is 6.36. The summed E-state index contributed by atoms with van der Waals surface area (Å²) < 4.78 is 10.9. The van der Waals surface area contributed by atoms with Crippen LogP contribution >= 0.6 is 0 Å². The highest BCUT2D eigenvalue weighted by Gasteiger charge is 2.54. The van der Waals surface area contributed by atoms with E-state index in [2.05, 4.69) is 24.1 Å². The molecule has 1 saturated heterocycles. The molecule has 1 heterocycles. The number of likely N-dealkylation sites (N-methyl/N-ethyl adjacent to an activating group) is 1. The average Bonchev–Trinajstić information content (AvgIpc) is 2.57. The van der Waals surface area contributed by atoms with E-state index < -0.39 is 0 Å². The first-order chi connectivity index (χ1) is 11.1. The molecule has 3 atom stereocenters. The molecule has 0 unspecified atom stereocenters. The van der Waals surface area contributed by atoms with Crippen LogP contribution in [0.5, 0.6) is 11.5 Å². The van der Waals surface area contributed by atoms with Crippen LogP contribution in [-0.2, 0) is 16.6 Å². The number of fused-ring (bicyclic) bond motifs is 1. The fraction of sp³-hybridized carbons (Fsp3) is 0.579. The maximum absolute atomic E-state index is 10.9. The lowest BCUT2D eigenvalue weighted by Gasteiger charge is -2.57. The molecule has 1 fully saturated rings. The van der Waals surface area contributed by atoms with Crippen LogP contribution in [0.3, 0.4) is 0 Å². The Kier molecular flexibility index (Phi) is 3.34. The second kappa shape index (κ2) is 5.17. The minimum atomic E-state index is 0.0193. The van der Waals surface area contributed by atoms with E-state index in [1.54, 1.807) is 14.2 Å². The molecule has 0 amide bonds. The van der Waals surface area contributed by atoms with Gasteiger partial charge in [0.05, 0.1) is 20.0 Å². The highest BCUT2D eigenvalue weighted by Crippen LogP contribution is 2.58. The topological polar surface area (TPSA) is 41.9 Å². The molecule has 3 aliphatic rings. The largest absolute Gasteiger partial charge is 0.504 e. The van der Waals surface area contributed by atoms with Gasteiger partial charge in [-0.05, 0) is 50.6 Å². The first-order valence-electron chi connectivity index (χ1n) is 8.45. The predicted molar refractivity (Wildman–Crippen MR) is 88.9 cm³/mol.